The number of nitrogens with one attached hydrogen (secondary N) is 1. The summed E-state index contributed by atoms with van der Waals surface area (Å²) in [7, 11) is 1.55. The summed E-state index contributed by atoms with van der Waals surface area (Å²) in [4.78, 5) is 14.7. The lowest BCUT2D eigenvalue weighted by molar-refractivity contribution is -0.384. The van der Waals surface area contributed by atoms with Crippen molar-refractivity contribution in [1.29, 1.82) is 0 Å². The molecule has 2 N–H and O–H groups in total. The van der Waals surface area contributed by atoms with E-state index in [9.17, 15) is 15.2 Å². The Bertz CT molecular complexity index is 676. The quantitative estimate of drug-likeness (QED) is 0.628. The minimum atomic E-state index is -0.524. The number of benzene rings is 1. The molecule has 0 fully saturated rings. The van der Waals surface area contributed by atoms with Crippen molar-refractivity contribution in [3.8, 4) is 5.75 Å². The predicted octanol–water partition coefficient (Wildman–Crippen LogP) is 2.45. The number of aromatic nitrogens is 1. The maximum atomic E-state index is 11.1. The monoisotopic (exact) mass is 303 g/mol. The van der Waals surface area contributed by atoms with E-state index in [2.05, 4.69) is 10.3 Å². The molecule has 1 aromatic heterocycles. The van der Waals surface area contributed by atoms with E-state index in [0.29, 0.717) is 11.3 Å². The maximum Gasteiger partial charge on any atom is 0.311 e. The molecule has 1 heterocycles. The second-order valence-electron chi connectivity index (χ2n) is 4.79. The first-order chi connectivity index (χ1) is 10.5. The highest BCUT2D eigenvalue weighted by molar-refractivity contribution is 5.57. The van der Waals surface area contributed by atoms with Crippen LogP contribution in [0, 0.1) is 17.0 Å². The summed E-state index contributed by atoms with van der Waals surface area (Å²) in [6.07, 6.45) is 1.54. The molecule has 7 nitrogen and oxygen atoms in total. The number of aliphatic hydroxyl groups is 1. The summed E-state index contributed by atoms with van der Waals surface area (Å²) < 4.78 is 5.14. The number of hydrogen-bond donors (Lipinski definition) is 2. The molecule has 22 heavy (non-hydrogen) atoms. The number of hydrogen-bond acceptors (Lipinski definition) is 6. The minimum absolute atomic E-state index is 0.123. The second kappa shape index (κ2) is 6.86. The first kappa shape index (κ1) is 15.7. The Labute approximate surface area is 127 Å². The molecular formula is C15H17N3O4. The number of anilines is 1. The Morgan fingerprint density at radius 1 is 1.45 bits per heavy atom. The first-order valence-electron chi connectivity index (χ1n) is 6.67. The van der Waals surface area contributed by atoms with Crippen LogP contribution < -0.4 is 10.1 Å². The highest BCUT2D eigenvalue weighted by Crippen LogP contribution is 2.28. The summed E-state index contributed by atoms with van der Waals surface area (Å²) in [6.45, 7) is 1.50. The van der Waals surface area contributed by atoms with Crippen LogP contribution >= 0.6 is 0 Å². The third kappa shape index (κ3) is 3.50. The highest BCUT2D eigenvalue weighted by atomic mass is 16.6. The molecule has 0 aliphatic rings. The molecule has 2 aromatic rings. The minimum Gasteiger partial charge on any atom is -0.497 e. The number of aliphatic hydroxyl groups excluding tert-OH is 1. The Hall–Kier alpha value is -2.67. The van der Waals surface area contributed by atoms with Gasteiger partial charge in [-0.2, -0.15) is 0 Å². The van der Waals surface area contributed by atoms with Crippen LogP contribution in [0.4, 0.5) is 11.5 Å². The molecule has 7 heteroatoms. The fourth-order valence-corrected chi connectivity index (χ4v) is 2.06. The third-order valence-electron chi connectivity index (χ3n) is 3.19. The Morgan fingerprint density at radius 3 is 2.86 bits per heavy atom. The largest absolute Gasteiger partial charge is 0.497 e. The van der Waals surface area contributed by atoms with Gasteiger partial charge >= 0.3 is 5.69 Å². The number of rotatable bonds is 6. The molecule has 0 bridgehead atoms. The van der Waals surface area contributed by atoms with Gasteiger partial charge in [0.15, 0.2) is 0 Å². The summed E-state index contributed by atoms with van der Waals surface area (Å²) in [5.41, 5.74) is 1.32. The zero-order valence-corrected chi connectivity index (χ0v) is 12.3. The van der Waals surface area contributed by atoms with E-state index in [-0.39, 0.29) is 18.1 Å². The summed E-state index contributed by atoms with van der Waals surface area (Å²) in [5, 5.41) is 23.6. The molecule has 0 saturated carbocycles. The van der Waals surface area contributed by atoms with Crippen molar-refractivity contribution in [1.82, 2.24) is 4.98 Å². The highest BCUT2D eigenvalue weighted by Gasteiger charge is 2.20. The number of nitrogens with zero attached hydrogens (tertiary/aromatic N) is 2. The van der Waals surface area contributed by atoms with Crippen LogP contribution in [0.15, 0.2) is 36.5 Å². The fraction of sp³-hybridized carbons (Fsp3) is 0.267. The van der Waals surface area contributed by atoms with Crippen LogP contribution in [0.3, 0.4) is 0 Å². The lowest BCUT2D eigenvalue weighted by Gasteiger charge is -2.18. The third-order valence-corrected chi connectivity index (χ3v) is 3.19. The summed E-state index contributed by atoms with van der Waals surface area (Å²) in [6, 6.07) is 8.05. The van der Waals surface area contributed by atoms with Crippen LogP contribution in [0.5, 0.6) is 5.75 Å². The Balaban J connectivity index is 2.32. The average molecular weight is 303 g/mol. The Kier molecular flexibility index (Phi) is 4.90. The van der Waals surface area contributed by atoms with Crippen LogP contribution in [-0.4, -0.2) is 28.7 Å². The molecular weight excluding hydrogens is 286 g/mol. The van der Waals surface area contributed by atoms with Crippen LogP contribution in [0.1, 0.15) is 17.2 Å². The summed E-state index contributed by atoms with van der Waals surface area (Å²) >= 11 is 0. The molecule has 0 spiro atoms. The van der Waals surface area contributed by atoms with Crippen molar-refractivity contribution in [2.75, 3.05) is 19.0 Å². The molecule has 0 aliphatic heterocycles. The van der Waals surface area contributed by atoms with Gasteiger partial charge in [-0.3, -0.25) is 10.1 Å². The molecule has 0 radical (unpaired) electrons. The van der Waals surface area contributed by atoms with Crippen LogP contribution in [0.2, 0.25) is 0 Å². The second-order valence-corrected chi connectivity index (χ2v) is 4.79. The van der Waals surface area contributed by atoms with Gasteiger partial charge in [-0.05, 0) is 30.2 Å². The van der Waals surface area contributed by atoms with Crippen molar-refractivity contribution >= 4 is 11.5 Å². The number of nitro groups is 1. The zero-order valence-electron chi connectivity index (χ0n) is 12.3. The maximum absolute atomic E-state index is 11.1. The van der Waals surface area contributed by atoms with Gasteiger partial charge < -0.3 is 15.2 Å². The average Bonchev–Trinajstić information content (AvgIpc) is 2.53. The van der Waals surface area contributed by atoms with Gasteiger partial charge in [-0.15, -0.1) is 0 Å². The summed E-state index contributed by atoms with van der Waals surface area (Å²) in [5.74, 6) is 0.765. The van der Waals surface area contributed by atoms with Crippen molar-refractivity contribution in [2.24, 2.45) is 0 Å². The van der Waals surface area contributed by atoms with E-state index >= 15 is 0 Å². The molecule has 0 unspecified atom stereocenters. The molecule has 0 aliphatic carbocycles. The van der Waals surface area contributed by atoms with Gasteiger partial charge in [0, 0.05) is 12.3 Å². The van der Waals surface area contributed by atoms with Gasteiger partial charge in [0.2, 0.25) is 5.82 Å². The van der Waals surface area contributed by atoms with Crippen LogP contribution in [-0.2, 0) is 0 Å². The standard InChI is InChI=1S/C15H17N3O4/c1-10-6-14(18(20)21)15(16-8-10)17-13(9-19)11-4-3-5-12(7-11)22-2/h3-8,13,19H,9H2,1-2H3,(H,16,17)/t13-/m0/s1. The molecule has 2 rings (SSSR count). The Morgan fingerprint density at radius 2 is 2.23 bits per heavy atom. The van der Waals surface area contributed by atoms with Crippen LogP contribution in [0.25, 0.3) is 0 Å². The molecule has 1 aromatic carbocycles. The van der Waals surface area contributed by atoms with Gasteiger partial charge in [-0.25, -0.2) is 4.98 Å². The van der Waals surface area contributed by atoms with E-state index in [1.54, 1.807) is 38.3 Å². The van der Waals surface area contributed by atoms with Crippen molar-refractivity contribution in [2.45, 2.75) is 13.0 Å². The number of methoxy groups -OCH3 is 1. The smallest absolute Gasteiger partial charge is 0.311 e. The lowest BCUT2D eigenvalue weighted by Crippen LogP contribution is -2.16. The zero-order chi connectivity index (χ0) is 16.1. The van der Waals surface area contributed by atoms with E-state index in [0.717, 1.165) is 5.56 Å². The van der Waals surface area contributed by atoms with E-state index in [4.69, 9.17) is 4.74 Å². The normalized spacial score (nSPS) is 11.8. The predicted molar refractivity (Wildman–Crippen MR) is 82.1 cm³/mol. The SMILES string of the molecule is COc1cccc([C@H](CO)Nc2ncc(C)cc2[N+](=O)[O-])c1. The van der Waals surface area contributed by atoms with Gasteiger partial charge in [0.1, 0.15) is 5.75 Å². The topological polar surface area (TPSA) is 97.5 Å². The van der Waals surface area contributed by atoms with Gasteiger partial charge in [0.25, 0.3) is 0 Å². The van der Waals surface area contributed by atoms with Gasteiger partial charge in [0.05, 0.1) is 24.7 Å². The van der Waals surface area contributed by atoms with Crippen molar-refractivity contribution in [3.05, 3.63) is 57.8 Å². The molecule has 0 saturated heterocycles. The van der Waals surface area contributed by atoms with Crippen molar-refractivity contribution in [3.63, 3.8) is 0 Å². The molecule has 1 atom stereocenters. The van der Waals surface area contributed by atoms with E-state index in [1.165, 1.54) is 12.3 Å². The molecule has 116 valence electrons. The number of ether oxygens (including phenoxy) is 1. The van der Waals surface area contributed by atoms with Gasteiger partial charge in [-0.1, -0.05) is 12.1 Å². The number of pyridine rings is 1. The van der Waals surface area contributed by atoms with E-state index < -0.39 is 11.0 Å². The lowest BCUT2D eigenvalue weighted by atomic mass is 10.1. The van der Waals surface area contributed by atoms with E-state index in [1.807, 2.05) is 0 Å². The number of aryl methyl sites for hydroxylation is 1. The first-order valence-corrected chi connectivity index (χ1v) is 6.67. The molecule has 0 amide bonds. The fourth-order valence-electron chi connectivity index (χ4n) is 2.06. The van der Waals surface area contributed by atoms with Crippen molar-refractivity contribution < 1.29 is 14.8 Å².